The summed E-state index contributed by atoms with van der Waals surface area (Å²) in [7, 11) is 1.65. The first-order valence-corrected chi connectivity index (χ1v) is 7.23. The summed E-state index contributed by atoms with van der Waals surface area (Å²) in [6.45, 7) is 2.26. The van der Waals surface area contributed by atoms with Crippen molar-refractivity contribution in [3.05, 3.63) is 23.8 Å². The van der Waals surface area contributed by atoms with Gasteiger partial charge < -0.3 is 14.6 Å². The highest BCUT2D eigenvalue weighted by atomic mass is 16.5. The molecule has 1 aliphatic rings. The van der Waals surface area contributed by atoms with Crippen molar-refractivity contribution in [2.24, 2.45) is 5.92 Å². The van der Waals surface area contributed by atoms with Gasteiger partial charge >= 0.3 is 0 Å². The van der Waals surface area contributed by atoms with Crippen molar-refractivity contribution in [3.63, 3.8) is 0 Å². The Labute approximate surface area is 115 Å². The second-order valence-electron chi connectivity index (χ2n) is 5.25. The van der Waals surface area contributed by atoms with Gasteiger partial charge in [-0.25, -0.2) is 0 Å². The molecule has 1 aliphatic carbocycles. The van der Waals surface area contributed by atoms with Gasteiger partial charge in [0, 0.05) is 0 Å². The van der Waals surface area contributed by atoms with Crippen LogP contribution in [0.5, 0.6) is 11.5 Å². The maximum Gasteiger partial charge on any atom is 0.161 e. The van der Waals surface area contributed by atoms with Crippen molar-refractivity contribution in [1.29, 1.82) is 0 Å². The molecule has 1 aromatic rings. The lowest BCUT2D eigenvalue weighted by Gasteiger charge is -2.31. The molecule has 0 saturated heterocycles. The number of hydrogen-bond donors (Lipinski definition) is 1. The summed E-state index contributed by atoms with van der Waals surface area (Å²) in [5.41, 5.74) is 0.861. The molecule has 0 heterocycles. The minimum absolute atomic E-state index is 0.0300. The quantitative estimate of drug-likeness (QED) is 0.884. The molecule has 0 spiro atoms. The lowest BCUT2D eigenvalue weighted by atomic mass is 9.85. The van der Waals surface area contributed by atoms with Gasteiger partial charge in [0.2, 0.25) is 0 Å². The van der Waals surface area contributed by atoms with Crippen molar-refractivity contribution in [2.45, 2.75) is 51.7 Å². The Balaban J connectivity index is 2.16. The predicted molar refractivity (Wildman–Crippen MR) is 75.6 cm³/mol. The van der Waals surface area contributed by atoms with Crippen molar-refractivity contribution >= 4 is 0 Å². The lowest BCUT2D eigenvalue weighted by molar-refractivity contribution is 0.0871. The second kappa shape index (κ2) is 6.80. The SMILES string of the molecule is CCC1CCCCC1Oc1cc(CO)ccc1OC. The average Bonchev–Trinajstić information content (AvgIpc) is 2.47. The monoisotopic (exact) mass is 264 g/mol. The molecule has 2 unspecified atom stereocenters. The number of methoxy groups -OCH3 is 1. The van der Waals surface area contributed by atoms with E-state index in [-0.39, 0.29) is 12.7 Å². The van der Waals surface area contributed by atoms with Gasteiger partial charge in [-0.3, -0.25) is 0 Å². The predicted octanol–water partition coefficient (Wildman–Crippen LogP) is 3.54. The zero-order valence-corrected chi connectivity index (χ0v) is 11.9. The lowest BCUT2D eigenvalue weighted by Crippen LogP contribution is -2.30. The zero-order valence-electron chi connectivity index (χ0n) is 11.9. The standard InChI is InChI=1S/C16H24O3/c1-3-13-6-4-5-7-14(13)19-16-10-12(11-17)8-9-15(16)18-2/h8-10,13-14,17H,3-7,11H2,1-2H3. The van der Waals surface area contributed by atoms with Crippen LogP contribution >= 0.6 is 0 Å². The van der Waals surface area contributed by atoms with Crippen LogP contribution in [0.15, 0.2) is 18.2 Å². The van der Waals surface area contributed by atoms with Gasteiger partial charge in [-0.15, -0.1) is 0 Å². The molecule has 3 nitrogen and oxygen atoms in total. The van der Waals surface area contributed by atoms with E-state index in [1.165, 1.54) is 19.3 Å². The fraction of sp³-hybridized carbons (Fsp3) is 0.625. The van der Waals surface area contributed by atoms with Gasteiger partial charge in [-0.05, 0) is 49.3 Å². The van der Waals surface area contributed by atoms with Crippen molar-refractivity contribution in [3.8, 4) is 11.5 Å². The number of benzene rings is 1. The fourth-order valence-electron chi connectivity index (χ4n) is 2.87. The van der Waals surface area contributed by atoms with Crippen LogP contribution in [0.25, 0.3) is 0 Å². The van der Waals surface area contributed by atoms with E-state index in [9.17, 15) is 5.11 Å². The highest BCUT2D eigenvalue weighted by molar-refractivity contribution is 5.43. The van der Waals surface area contributed by atoms with Gasteiger partial charge in [0.15, 0.2) is 11.5 Å². The van der Waals surface area contributed by atoms with E-state index in [4.69, 9.17) is 9.47 Å². The van der Waals surface area contributed by atoms with E-state index >= 15 is 0 Å². The highest BCUT2D eigenvalue weighted by Gasteiger charge is 2.26. The Morgan fingerprint density at radius 3 is 2.68 bits per heavy atom. The third kappa shape index (κ3) is 3.41. The Bertz CT molecular complexity index is 403. The van der Waals surface area contributed by atoms with Crippen molar-refractivity contribution in [2.75, 3.05) is 7.11 Å². The molecular formula is C16H24O3. The summed E-state index contributed by atoms with van der Waals surface area (Å²) in [6, 6.07) is 5.62. The number of hydrogen-bond acceptors (Lipinski definition) is 3. The molecule has 0 bridgehead atoms. The molecule has 0 amide bonds. The van der Waals surface area contributed by atoms with E-state index < -0.39 is 0 Å². The molecule has 1 fully saturated rings. The maximum atomic E-state index is 9.23. The summed E-state index contributed by atoms with van der Waals surface area (Å²) in [4.78, 5) is 0. The van der Waals surface area contributed by atoms with Crippen LogP contribution in [0.1, 0.15) is 44.6 Å². The normalized spacial score (nSPS) is 23.1. The van der Waals surface area contributed by atoms with Gasteiger partial charge in [0.25, 0.3) is 0 Å². The molecule has 19 heavy (non-hydrogen) atoms. The minimum Gasteiger partial charge on any atom is -0.493 e. The first kappa shape index (κ1) is 14.2. The first-order chi connectivity index (χ1) is 9.28. The molecule has 1 saturated carbocycles. The summed E-state index contributed by atoms with van der Waals surface area (Å²) < 4.78 is 11.5. The van der Waals surface area contributed by atoms with Crippen molar-refractivity contribution < 1.29 is 14.6 Å². The van der Waals surface area contributed by atoms with E-state index in [1.54, 1.807) is 7.11 Å². The summed E-state index contributed by atoms with van der Waals surface area (Å²) in [5, 5.41) is 9.23. The molecule has 0 radical (unpaired) electrons. The van der Waals surface area contributed by atoms with Crippen LogP contribution in [0, 0.1) is 5.92 Å². The Morgan fingerprint density at radius 2 is 2.00 bits per heavy atom. The summed E-state index contributed by atoms with van der Waals surface area (Å²) in [6.07, 6.45) is 6.36. The Hall–Kier alpha value is -1.22. The van der Waals surface area contributed by atoms with Crippen LogP contribution in [-0.4, -0.2) is 18.3 Å². The van der Waals surface area contributed by atoms with Gasteiger partial charge in [0.1, 0.15) is 6.10 Å². The van der Waals surface area contributed by atoms with Crippen LogP contribution in [-0.2, 0) is 6.61 Å². The molecule has 0 aliphatic heterocycles. The molecule has 0 aromatic heterocycles. The smallest absolute Gasteiger partial charge is 0.161 e. The topological polar surface area (TPSA) is 38.7 Å². The van der Waals surface area contributed by atoms with Crippen LogP contribution in [0.3, 0.4) is 0 Å². The first-order valence-electron chi connectivity index (χ1n) is 7.23. The number of rotatable bonds is 5. The molecule has 106 valence electrons. The molecule has 2 atom stereocenters. The van der Waals surface area contributed by atoms with Crippen LogP contribution in [0.4, 0.5) is 0 Å². The van der Waals surface area contributed by atoms with E-state index in [0.29, 0.717) is 5.92 Å². The van der Waals surface area contributed by atoms with E-state index in [1.807, 2.05) is 18.2 Å². The largest absolute Gasteiger partial charge is 0.493 e. The van der Waals surface area contributed by atoms with Crippen LogP contribution in [0.2, 0.25) is 0 Å². The Morgan fingerprint density at radius 1 is 1.21 bits per heavy atom. The fourth-order valence-corrected chi connectivity index (χ4v) is 2.87. The third-order valence-electron chi connectivity index (χ3n) is 4.05. The van der Waals surface area contributed by atoms with Crippen LogP contribution < -0.4 is 9.47 Å². The highest BCUT2D eigenvalue weighted by Crippen LogP contribution is 2.35. The van der Waals surface area contributed by atoms with Gasteiger partial charge in [0.05, 0.1) is 13.7 Å². The zero-order chi connectivity index (χ0) is 13.7. The Kier molecular flexibility index (Phi) is 5.08. The second-order valence-corrected chi connectivity index (χ2v) is 5.25. The average molecular weight is 264 g/mol. The van der Waals surface area contributed by atoms with E-state index in [2.05, 4.69) is 6.92 Å². The molecular weight excluding hydrogens is 240 g/mol. The minimum atomic E-state index is 0.0300. The van der Waals surface area contributed by atoms with E-state index in [0.717, 1.165) is 29.9 Å². The molecule has 1 aromatic carbocycles. The molecule has 3 heteroatoms. The number of aliphatic hydroxyl groups excluding tert-OH is 1. The molecule has 2 rings (SSSR count). The third-order valence-corrected chi connectivity index (χ3v) is 4.05. The summed E-state index contributed by atoms with van der Waals surface area (Å²) >= 11 is 0. The molecule has 1 N–H and O–H groups in total. The number of ether oxygens (including phenoxy) is 2. The number of aliphatic hydroxyl groups is 1. The summed E-state index contributed by atoms with van der Waals surface area (Å²) in [5.74, 6) is 2.15. The maximum absolute atomic E-state index is 9.23. The van der Waals surface area contributed by atoms with Gasteiger partial charge in [-0.2, -0.15) is 0 Å². The van der Waals surface area contributed by atoms with Crippen molar-refractivity contribution in [1.82, 2.24) is 0 Å². The van der Waals surface area contributed by atoms with Gasteiger partial charge in [-0.1, -0.05) is 19.4 Å².